The van der Waals surface area contributed by atoms with Crippen molar-refractivity contribution in [1.82, 2.24) is 0 Å². The molecule has 0 aliphatic carbocycles. The summed E-state index contributed by atoms with van der Waals surface area (Å²) < 4.78 is 5.13. The predicted molar refractivity (Wildman–Crippen MR) is 64.9 cm³/mol. The number of ether oxygens (including phenoxy) is 1. The molecule has 0 fully saturated rings. The van der Waals surface area contributed by atoms with Crippen molar-refractivity contribution in [3.63, 3.8) is 0 Å². The molecule has 0 aromatic heterocycles. The van der Waals surface area contributed by atoms with Crippen LogP contribution in [0, 0.1) is 0 Å². The van der Waals surface area contributed by atoms with Gasteiger partial charge in [-0.2, -0.15) is 0 Å². The third-order valence-corrected chi connectivity index (χ3v) is 4.63. The maximum atomic E-state index is 5.13. The largest absolute Gasteiger partial charge is 0.497 e. The van der Waals surface area contributed by atoms with Gasteiger partial charge in [0, 0.05) is 5.75 Å². The fourth-order valence-corrected chi connectivity index (χ4v) is 3.62. The summed E-state index contributed by atoms with van der Waals surface area (Å²) in [6, 6.07) is 8.30. The van der Waals surface area contributed by atoms with Gasteiger partial charge in [0.1, 0.15) is 5.75 Å². The highest BCUT2D eigenvalue weighted by Gasteiger charge is 2.11. The van der Waals surface area contributed by atoms with Crippen LogP contribution >= 0.6 is 21.6 Å². The van der Waals surface area contributed by atoms with Crippen LogP contribution in [-0.2, 0) is 0 Å². The SMILES string of the molecule is COc1ccc(C2C=CCSS2)cc1. The molecule has 1 unspecified atom stereocenters. The Morgan fingerprint density at radius 2 is 2.07 bits per heavy atom. The highest BCUT2D eigenvalue weighted by molar-refractivity contribution is 8.76. The molecule has 0 radical (unpaired) electrons. The molecule has 0 bridgehead atoms. The summed E-state index contributed by atoms with van der Waals surface area (Å²) in [5.41, 5.74) is 1.35. The maximum Gasteiger partial charge on any atom is 0.118 e. The van der Waals surface area contributed by atoms with Crippen LogP contribution in [0.1, 0.15) is 10.8 Å². The van der Waals surface area contributed by atoms with Gasteiger partial charge in [-0.15, -0.1) is 0 Å². The first-order chi connectivity index (χ1) is 6.90. The van der Waals surface area contributed by atoms with Crippen molar-refractivity contribution in [3.8, 4) is 5.75 Å². The van der Waals surface area contributed by atoms with Gasteiger partial charge in [-0.25, -0.2) is 0 Å². The van der Waals surface area contributed by atoms with E-state index in [-0.39, 0.29) is 0 Å². The van der Waals surface area contributed by atoms with Crippen LogP contribution in [0.25, 0.3) is 0 Å². The summed E-state index contributed by atoms with van der Waals surface area (Å²) in [6.45, 7) is 0. The molecule has 0 saturated heterocycles. The van der Waals surface area contributed by atoms with Crippen molar-refractivity contribution in [1.29, 1.82) is 0 Å². The van der Waals surface area contributed by atoms with Crippen molar-refractivity contribution in [2.24, 2.45) is 0 Å². The average Bonchev–Trinajstić information content (AvgIpc) is 2.30. The van der Waals surface area contributed by atoms with E-state index in [1.165, 1.54) is 5.56 Å². The van der Waals surface area contributed by atoms with E-state index in [0.29, 0.717) is 5.25 Å². The van der Waals surface area contributed by atoms with Crippen molar-refractivity contribution in [3.05, 3.63) is 42.0 Å². The highest BCUT2D eigenvalue weighted by Crippen LogP contribution is 2.42. The molecule has 3 heteroatoms. The molecule has 14 heavy (non-hydrogen) atoms. The fraction of sp³-hybridized carbons (Fsp3) is 0.273. The summed E-state index contributed by atoms with van der Waals surface area (Å²) in [5, 5.41) is 0.500. The van der Waals surface area contributed by atoms with Gasteiger partial charge in [0.15, 0.2) is 0 Å². The summed E-state index contributed by atoms with van der Waals surface area (Å²) in [5.74, 6) is 2.04. The van der Waals surface area contributed by atoms with E-state index in [0.717, 1.165) is 11.5 Å². The second-order valence-electron chi connectivity index (χ2n) is 3.00. The van der Waals surface area contributed by atoms with Crippen LogP contribution in [0.2, 0.25) is 0 Å². The summed E-state index contributed by atoms with van der Waals surface area (Å²) in [6.07, 6.45) is 4.50. The molecule has 1 aromatic rings. The first kappa shape index (κ1) is 9.99. The second-order valence-corrected chi connectivity index (χ2v) is 5.56. The average molecular weight is 224 g/mol. The Labute approximate surface area is 92.3 Å². The molecular formula is C11H12OS2. The Kier molecular flexibility index (Phi) is 3.43. The quantitative estimate of drug-likeness (QED) is 0.560. The van der Waals surface area contributed by atoms with Gasteiger partial charge in [0.25, 0.3) is 0 Å². The first-order valence-corrected chi connectivity index (χ1v) is 6.87. The summed E-state index contributed by atoms with van der Waals surface area (Å²) in [4.78, 5) is 0. The van der Waals surface area contributed by atoms with Crippen LogP contribution < -0.4 is 4.74 Å². The van der Waals surface area contributed by atoms with Gasteiger partial charge in [-0.05, 0) is 17.7 Å². The van der Waals surface area contributed by atoms with Crippen molar-refractivity contribution in [2.75, 3.05) is 12.9 Å². The molecule has 0 amide bonds. The second kappa shape index (κ2) is 4.80. The van der Waals surface area contributed by atoms with Crippen LogP contribution in [0.15, 0.2) is 36.4 Å². The summed E-state index contributed by atoms with van der Waals surface area (Å²) >= 11 is 0. The fourth-order valence-electron chi connectivity index (χ4n) is 1.32. The first-order valence-electron chi connectivity index (χ1n) is 4.49. The molecule has 2 rings (SSSR count). The molecule has 74 valence electrons. The minimum absolute atomic E-state index is 0.500. The van der Waals surface area contributed by atoms with Crippen LogP contribution in [0.4, 0.5) is 0 Å². The molecule has 1 atom stereocenters. The number of hydrogen-bond acceptors (Lipinski definition) is 3. The van der Waals surface area contributed by atoms with E-state index in [4.69, 9.17) is 4.74 Å². The molecule has 1 nitrogen and oxygen atoms in total. The molecule has 1 aromatic carbocycles. The molecule has 0 spiro atoms. The molecule has 0 saturated carbocycles. The molecule has 1 aliphatic heterocycles. The van der Waals surface area contributed by atoms with Gasteiger partial charge in [-0.3, -0.25) is 0 Å². The van der Waals surface area contributed by atoms with Gasteiger partial charge < -0.3 is 4.74 Å². The lowest BCUT2D eigenvalue weighted by atomic mass is 10.1. The van der Waals surface area contributed by atoms with Crippen molar-refractivity contribution < 1.29 is 4.74 Å². The molecule has 0 N–H and O–H groups in total. The van der Waals surface area contributed by atoms with Crippen molar-refractivity contribution in [2.45, 2.75) is 5.25 Å². The lowest BCUT2D eigenvalue weighted by Crippen LogP contribution is -1.92. The zero-order chi connectivity index (χ0) is 9.80. The van der Waals surface area contributed by atoms with Gasteiger partial charge in [-0.1, -0.05) is 45.9 Å². The number of rotatable bonds is 2. The van der Waals surface area contributed by atoms with Crippen molar-refractivity contribution >= 4 is 21.6 Å². The number of hydrogen-bond donors (Lipinski definition) is 0. The van der Waals surface area contributed by atoms with E-state index in [1.54, 1.807) is 7.11 Å². The third-order valence-electron chi connectivity index (χ3n) is 2.09. The lowest BCUT2D eigenvalue weighted by molar-refractivity contribution is 0.414. The Hall–Kier alpha value is -0.540. The maximum absolute atomic E-state index is 5.13. The number of benzene rings is 1. The Morgan fingerprint density at radius 3 is 2.64 bits per heavy atom. The standard InChI is InChI=1S/C11H12OS2/c1-12-10-6-4-9(5-7-10)11-3-2-8-13-14-11/h2-7,11H,8H2,1H3. The normalized spacial score (nSPS) is 20.8. The van der Waals surface area contributed by atoms with Gasteiger partial charge >= 0.3 is 0 Å². The minimum Gasteiger partial charge on any atom is -0.497 e. The Balaban J connectivity index is 2.15. The van der Waals surface area contributed by atoms with Gasteiger partial charge in [0.2, 0.25) is 0 Å². The van der Waals surface area contributed by atoms with E-state index in [9.17, 15) is 0 Å². The molecule has 1 aliphatic rings. The minimum atomic E-state index is 0.500. The van der Waals surface area contributed by atoms with E-state index >= 15 is 0 Å². The van der Waals surface area contributed by atoms with Crippen LogP contribution in [0.3, 0.4) is 0 Å². The zero-order valence-electron chi connectivity index (χ0n) is 7.97. The van der Waals surface area contributed by atoms with E-state index in [2.05, 4.69) is 24.3 Å². The monoisotopic (exact) mass is 224 g/mol. The summed E-state index contributed by atoms with van der Waals surface area (Å²) in [7, 11) is 5.52. The predicted octanol–water partition coefficient (Wildman–Crippen LogP) is 3.69. The topological polar surface area (TPSA) is 9.23 Å². The number of methoxy groups -OCH3 is 1. The highest BCUT2D eigenvalue weighted by atomic mass is 33.1. The van der Waals surface area contributed by atoms with E-state index in [1.807, 2.05) is 33.7 Å². The van der Waals surface area contributed by atoms with E-state index < -0.39 is 0 Å². The Morgan fingerprint density at radius 1 is 1.29 bits per heavy atom. The van der Waals surface area contributed by atoms with Gasteiger partial charge in [0.05, 0.1) is 12.4 Å². The lowest BCUT2D eigenvalue weighted by Gasteiger charge is -2.15. The molecular weight excluding hydrogens is 212 g/mol. The van der Waals surface area contributed by atoms with Crippen LogP contribution in [0.5, 0.6) is 5.75 Å². The third kappa shape index (κ3) is 2.28. The Bertz CT molecular complexity index is 319. The van der Waals surface area contributed by atoms with Crippen LogP contribution in [-0.4, -0.2) is 12.9 Å². The zero-order valence-corrected chi connectivity index (χ0v) is 9.61. The smallest absolute Gasteiger partial charge is 0.118 e. The molecule has 1 heterocycles.